The number of piperazine rings is 1. The van der Waals surface area contributed by atoms with E-state index in [4.69, 9.17) is 4.74 Å². The van der Waals surface area contributed by atoms with E-state index in [0.29, 0.717) is 18.0 Å². The Balaban J connectivity index is 2.51. The average molecular weight is 328 g/mol. The van der Waals surface area contributed by atoms with Crippen LogP contribution in [-0.4, -0.2) is 66.3 Å². The zero-order valence-electron chi connectivity index (χ0n) is 16.2. The van der Waals surface area contributed by atoms with Crippen LogP contribution in [0.15, 0.2) is 0 Å². The fraction of sp³-hybridized carbons (Fsp3) is 0.944. The second-order valence-electron chi connectivity index (χ2n) is 8.35. The summed E-state index contributed by atoms with van der Waals surface area (Å²) in [6.07, 6.45) is 1.00. The number of carbonyl (C=O) groups is 1. The van der Waals surface area contributed by atoms with Crippen molar-refractivity contribution in [3.05, 3.63) is 0 Å². The molecule has 136 valence electrons. The summed E-state index contributed by atoms with van der Waals surface area (Å²) in [4.78, 5) is 16.5. The predicted molar refractivity (Wildman–Crippen MR) is 95.8 cm³/mol. The SMILES string of the molecule is CC(C)CC(CNC(C)C)N1CCN(C(=O)OC(C)(C)C)CC1. The number of hydrogen-bond acceptors (Lipinski definition) is 4. The summed E-state index contributed by atoms with van der Waals surface area (Å²) < 4.78 is 5.47. The van der Waals surface area contributed by atoms with Crippen molar-refractivity contribution in [1.29, 1.82) is 0 Å². The van der Waals surface area contributed by atoms with Gasteiger partial charge in [-0.15, -0.1) is 0 Å². The van der Waals surface area contributed by atoms with E-state index in [-0.39, 0.29) is 6.09 Å². The summed E-state index contributed by atoms with van der Waals surface area (Å²) in [5, 5.41) is 3.57. The van der Waals surface area contributed by atoms with Crippen molar-refractivity contribution in [3.63, 3.8) is 0 Å². The average Bonchev–Trinajstić information content (AvgIpc) is 2.41. The van der Waals surface area contributed by atoms with Gasteiger partial charge in [-0.1, -0.05) is 27.7 Å². The number of nitrogens with zero attached hydrogens (tertiary/aromatic N) is 2. The van der Waals surface area contributed by atoms with Crippen molar-refractivity contribution < 1.29 is 9.53 Å². The second kappa shape index (κ2) is 8.88. The highest BCUT2D eigenvalue weighted by Crippen LogP contribution is 2.16. The van der Waals surface area contributed by atoms with Gasteiger partial charge >= 0.3 is 6.09 Å². The van der Waals surface area contributed by atoms with Crippen LogP contribution in [0.1, 0.15) is 54.9 Å². The molecule has 1 N–H and O–H groups in total. The van der Waals surface area contributed by atoms with Gasteiger partial charge in [0.15, 0.2) is 0 Å². The maximum Gasteiger partial charge on any atom is 0.410 e. The Morgan fingerprint density at radius 3 is 2.09 bits per heavy atom. The topological polar surface area (TPSA) is 44.8 Å². The molecule has 0 aromatic carbocycles. The second-order valence-corrected chi connectivity index (χ2v) is 8.35. The highest BCUT2D eigenvalue weighted by Gasteiger charge is 2.29. The van der Waals surface area contributed by atoms with Gasteiger partial charge in [0, 0.05) is 44.8 Å². The van der Waals surface area contributed by atoms with Gasteiger partial charge in [-0.25, -0.2) is 4.79 Å². The van der Waals surface area contributed by atoms with Crippen molar-refractivity contribution in [2.75, 3.05) is 32.7 Å². The third-order valence-electron chi connectivity index (χ3n) is 3.99. The van der Waals surface area contributed by atoms with Crippen molar-refractivity contribution in [1.82, 2.24) is 15.1 Å². The normalized spacial score (nSPS) is 18.6. The molecule has 1 heterocycles. The summed E-state index contributed by atoms with van der Waals surface area (Å²) in [6, 6.07) is 1.05. The Hall–Kier alpha value is -0.810. The smallest absolute Gasteiger partial charge is 0.410 e. The Bertz CT molecular complexity index is 356. The molecule has 1 atom stereocenters. The first-order chi connectivity index (χ1) is 10.6. The van der Waals surface area contributed by atoms with Crippen molar-refractivity contribution in [3.8, 4) is 0 Å². The van der Waals surface area contributed by atoms with Crippen molar-refractivity contribution >= 4 is 6.09 Å². The first kappa shape index (κ1) is 20.2. The molecule has 0 bridgehead atoms. The lowest BCUT2D eigenvalue weighted by molar-refractivity contribution is 0.00916. The molecule has 1 fully saturated rings. The van der Waals surface area contributed by atoms with Crippen LogP contribution in [0.5, 0.6) is 0 Å². The zero-order valence-corrected chi connectivity index (χ0v) is 16.2. The predicted octanol–water partition coefficient (Wildman–Crippen LogP) is 2.95. The minimum atomic E-state index is -0.421. The van der Waals surface area contributed by atoms with Gasteiger partial charge in [-0.2, -0.15) is 0 Å². The summed E-state index contributed by atoms with van der Waals surface area (Å²) in [7, 11) is 0. The maximum atomic E-state index is 12.2. The van der Waals surface area contributed by atoms with Crippen LogP contribution >= 0.6 is 0 Å². The molecule has 1 rings (SSSR count). The highest BCUT2D eigenvalue weighted by molar-refractivity contribution is 5.68. The minimum absolute atomic E-state index is 0.183. The van der Waals surface area contributed by atoms with E-state index < -0.39 is 5.60 Å². The molecule has 1 saturated heterocycles. The molecule has 0 aromatic heterocycles. The van der Waals surface area contributed by atoms with E-state index in [1.165, 1.54) is 6.42 Å². The number of nitrogens with one attached hydrogen (secondary N) is 1. The van der Waals surface area contributed by atoms with E-state index in [0.717, 1.165) is 32.7 Å². The first-order valence-corrected chi connectivity index (χ1v) is 9.04. The van der Waals surface area contributed by atoms with Crippen LogP contribution in [0.25, 0.3) is 0 Å². The highest BCUT2D eigenvalue weighted by atomic mass is 16.6. The van der Waals surface area contributed by atoms with E-state index in [1.807, 2.05) is 25.7 Å². The van der Waals surface area contributed by atoms with E-state index in [9.17, 15) is 4.79 Å². The van der Waals surface area contributed by atoms with E-state index >= 15 is 0 Å². The number of rotatable bonds is 6. The number of carbonyl (C=O) groups excluding carboxylic acids is 1. The molecule has 5 nitrogen and oxygen atoms in total. The van der Waals surface area contributed by atoms with Crippen LogP contribution in [0.4, 0.5) is 4.79 Å². The lowest BCUT2D eigenvalue weighted by Crippen LogP contribution is -2.55. The molecule has 0 aliphatic carbocycles. The molecule has 0 aromatic rings. The molecule has 0 spiro atoms. The Kier molecular flexibility index (Phi) is 7.81. The Morgan fingerprint density at radius 2 is 1.65 bits per heavy atom. The molecule has 0 saturated carbocycles. The van der Waals surface area contributed by atoms with Gasteiger partial charge in [-0.05, 0) is 33.1 Å². The van der Waals surface area contributed by atoms with Gasteiger partial charge in [-0.3, -0.25) is 4.90 Å². The molecule has 1 aliphatic rings. The van der Waals surface area contributed by atoms with Gasteiger partial charge in [0.1, 0.15) is 5.60 Å². The molecular formula is C18H37N3O2. The van der Waals surface area contributed by atoms with Crippen LogP contribution in [-0.2, 0) is 4.74 Å². The number of amides is 1. The summed E-state index contributed by atoms with van der Waals surface area (Å²) in [5.41, 5.74) is -0.421. The van der Waals surface area contributed by atoms with E-state index in [1.54, 1.807) is 0 Å². The van der Waals surface area contributed by atoms with Crippen LogP contribution < -0.4 is 5.32 Å². The lowest BCUT2D eigenvalue weighted by Gasteiger charge is -2.40. The minimum Gasteiger partial charge on any atom is -0.444 e. The standard InChI is InChI=1S/C18H37N3O2/c1-14(2)12-16(13-19-15(3)4)20-8-10-21(11-9-20)17(22)23-18(5,6)7/h14-16,19H,8-13H2,1-7H3. The van der Waals surface area contributed by atoms with Crippen LogP contribution in [0.3, 0.4) is 0 Å². The maximum absolute atomic E-state index is 12.2. The van der Waals surface area contributed by atoms with E-state index in [2.05, 4.69) is 37.9 Å². The van der Waals surface area contributed by atoms with Crippen LogP contribution in [0.2, 0.25) is 0 Å². The molecule has 1 amide bonds. The Morgan fingerprint density at radius 1 is 1.09 bits per heavy atom. The lowest BCUT2D eigenvalue weighted by atomic mass is 10.0. The molecule has 1 aliphatic heterocycles. The molecule has 5 heteroatoms. The molecule has 23 heavy (non-hydrogen) atoms. The Labute approximate surface area is 142 Å². The molecule has 1 unspecified atom stereocenters. The van der Waals surface area contributed by atoms with Gasteiger partial charge in [0.05, 0.1) is 0 Å². The van der Waals surface area contributed by atoms with Gasteiger partial charge < -0.3 is 15.0 Å². The summed E-state index contributed by atoms with van der Waals surface area (Å²) in [6.45, 7) is 19.1. The quantitative estimate of drug-likeness (QED) is 0.815. The largest absolute Gasteiger partial charge is 0.444 e. The van der Waals surface area contributed by atoms with Gasteiger partial charge in [0.25, 0.3) is 0 Å². The fourth-order valence-corrected chi connectivity index (χ4v) is 2.87. The van der Waals surface area contributed by atoms with Crippen molar-refractivity contribution in [2.45, 2.75) is 72.6 Å². The number of hydrogen-bond donors (Lipinski definition) is 1. The molecule has 0 radical (unpaired) electrons. The summed E-state index contributed by atoms with van der Waals surface area (Å²) >= 11 is 0. The monoisotopic (exact) mass is 327 g/mol. The van der Waals surface area contributed by atoms with Crippen molar-refractivity contribution in [2.24, 2.45) is 5.92 Å². The first-order valence-electron chi connectivity index (χ1n) is 9.04. The fourth-order valence-electron chi connectivity index (χ4n) is 2.87. The van der Waals surface area contributed by atoms with Gasteiger partial charge in [0.2, 0.25) is 0 Å². The zero-order chi connectivity index (χ0) is 17.6. The molecular weight excluding hydrogens is 290 g/mol. The summed E-state index contributed by atoms with van der Waals surface area (Å²) in [5.74, 6) is 0.679. The number of ether oxygens (including phenoxy) is 1. The third-order valence-corrected chi connectivity index (χ3v) is 3.99. The third kappa shape index (κ3) is 8.02. The van der Waals surface area contributed by atoms with Crippen LogP contribution in [0, 0.1) is 5.92 Å².